The third kappa shape index (κ3) is 19.7. The molecule has 51 heavy (non-hydrogen) atoms. The maximum atomic E-state index is 13.0. The molecule has 0 saturated heterocycles. The van der Waals surface area contributed by atoms with Crippen LogP contribution in [0.5, 0.6) is 0 Å². The van der Waals surface area contributed by atoms with Gasteiger partial charge in [0.25, 0.3) is 0 Å². The van der Waals surface area contributed by atoms with Gasteiger partial charge < -0.3 is 41.8 Å². The van der Waals surface area contributed by atoms with Crippen LogP contribution in [0.1, 0.15) is 83.8 Å². The molecule has 0 aliphatic heterocycles. The number of esters is 1. The lowest BCUT2D eigenvalue weighted by Crippen LogP contribution is -2.45. The molecule has 2 aromatic carbocycles. The first-order chi connectivity index (χ1) is 24.3. The number of benzene rings is 2. The van der Waals surface area contributed by atoms with Crippen LogP contribution in [-0.2, 0) is 46.7 Å². The Balaban J connectivity index is 1.79. The number of alkyl carbamates (subject to hydrolysis) is 1. The Morgan fingerprint density at radius 3 is 1.49 bits per heavy atom. The van der Waals surface area contributed by atoms with Crippen LogP contribution in [0.2, 0.25) is 0 Å². The first-order valence-electron chi connectivity index (χ1n) is 17.4. The second kappa shape index (κ2) is 23.4. The molecule has 0 aliphatic rings. The number of nitrogens with one attached hydrogen (secondary N) is 5. The Morgan fingerprint density at radius 2 is 1.02 bits per heavy atom. The SMILES string of the molecule is C[C@H](CC(=O)N[C@@H](C)CC(=O)N[C@@H](C)CC(=O)N[C@@H](CCCCNC(=O)OCc1ccccc1)C(=O)OCc1ccccc1)NC(=O)C[C@@H](C)N. The van der Waals surface area contributed by atoms with Gasteiger partial charge in [-0.15, -0.1) is 0 Å². The second-order valence-corrected chi connectivity index (χ2v) is 12.9. The van der Waals surface area contributed by atoms with Crippen molar-refractivity contribution in [1.82, 2.24) is 26.6 Å². The van der Waals surface area contributed by atoms with E-state index in [0.29, 0.717) is 19.4 Å². The topological polar surface area (TPSA) is 207 Å². The molecule has 0 aromatic heterocycles. The van der Waals surface area contributed by atoms with Crippen molar-refractivity contribution in [3.8, 4) is 0 Å². The summed E-state index contributed by atoms with van der Waals surface area (Å²) in [5.41, 5.74) is 7.30. The van der Waals surface area contributed by atoms with Crippen molar-refractivity contribution in [2.75, 3.05) is 6.54 Å². The van der Waals surface area contributed by atoms with Crippen molar-refractivity contribution in [2.24, 2.45) is 5.73 Å². The zero-order valence-electron chi connectivity index (χ0n) is 30.1. The molecular formula is C37H54N6O8. The molecule has 0 spiro atoms. The van der Waals surface area contributed by atoms with Crippen molar-refractivity contribution >= 4 is 35.7 Å². The van der Waals surface area contributed by atoms with Crippen molar-refractivity contribution < 1.29 is 38.2 Å². The first-order valence-corrected chi connectivity index (χ1v) is 17.4. The van der Waals surface area contributed by atoms with E-state index in [1.165, 1.54) is 0 Å². The average Bonchev–Trinajstić information content (AvgIpc) is 3.05. The fourth-order valence-corrected chi connectivity index (χ4v) is 5.05. The van der Waals surface area contributed by atoms with Gasteiger partial charge in [0.15, 0.2) is 0 Å². The highest BCUT2D eigenvalue weighted by atomic mass is 16.5. The smallest absolute Gasteiger partial charge is 0.407 e. The Morgan fingerprint density at radius 1 is 0.588 bits per heavy atom. The van der Waals surface area contributed by atoms with Crippen molar-refractivity contribution in [1.29, 1.82) is 0 Å². The summed E-state index contributed by atoms with van der Waals surface area (Å²) in [6, 6.07) is 15.8. The van der Waals surface area contributed by atoms with Crippen LogP contribution >= 0.6 is 0 Å². The molecule has 0 unspecified atom stereocenters. The molecule has 0 fully saturated rings. The quantitative estimate of drug-likeness (QED) is 0.0784. The third-order valence-corrected chi connectivity index (χ3v) is 7.45. The predicted octanol–water partition coefficient (Wildman–Crippen LogP) is 2.73. The van der Waals surface area contributed by atoms with Gasteiger partial charge in [-0.05, 0) is 58.1 Å². The summed E-state index contributed by atoms with van der Waals surface area (Å²) >= 11 is 0. The molecule has 2 aromatic rings. The van der Waals surface area contributed by atoms with E-state index in [-0.39, 0.29) is 69.1 Å². The fourth-order valence-electron chi connectivity index (χ4n) is 5.05. The van der Waals surface area contributed by atoms with E-state index in [2.05, 4.69) is 26.6 Å². The number of ether oxygens (including phenoxy) is 2. The number of hydrogen-bond acceptors (Lipinski definition) is 9. The zero-order chi connectivity index (χ0) is 37.6. The number of amides is 5. The van der Waals surface area contributed by atoms with Crippen molar-refractivity contribution in [2.45, 2.75) is 116 Å². The summed E-state index contributed by atoms with van der Waals surface area (Å²) in [4.78, 5) is 74.9. The van der Waals surface area contributed by atoms with Gasteiger partial charge in [-0.2, -0.15) is 0 Å². The summed E-state index contributed by atoms with van der Waals surface area (Å²) in [5, 5.41) is 13.6. The van der Waals surface area contributed by atoms with Crippen LogP contribution in [0, 0.1) is 0 Å². The number of nitrogens with two attached hydrogens (primary N) is 1. The van der Waals surface area contributed by atoms with Gasteiger partial charge in [0.05, 0.1) is 0 Å². The molecule has 0 radical (unpaired) electrons. The maximum Gasteiger partial charge on any atom is 0.407 e. The number of unbranched alkanes of at least 4 members (excludes halogenated alkanes) is 1. The van der Waals surface area contributed by atoms with Crippen LogP contribution in [-0.4, -0.2) is 72.4 Å². The molecule has 14 heteroatoms. The van der Waals surface area contributed by atoms with Crippen molar-refractivity contribution in [3.05, 3.63) is 71.8 Å². The van der Waals surface area contributed by atoms with E-state index in [4.69, 9.17) is 15.2 Å². The molecule has 2 rings (SSSR count). The largest absolute Gasteiger partial charge is 0.459 e. The molecular weight excluding hydrogens is 656 g/mol. The molecule has 5 amide bonds. The maximum absolute atomic E-state index is 13.0. The number of carbonyl (C=O) groups is 6. The van der Waals surface area contributed by atoms with Gasteiger partial charge in [0.2, 0.25) is 23.6 Å². The minimum atomic E-state index is -0.935. The highest BCUT2D eigenvalue weighted by Gasteiger charge is 2.24. The highest BCUT2D eigenvalue weighted by molar-refractivity contribution is 5.85. The average molecular weight is 711 g/mol. The zero-order valence-corrected chi connectivity index (χ0v) is 30.1. The van der Waals surface area contributed by atoms with Gasteiger partial charge in [0, 0.05) is 56.4 Å². The van der Waals surface area contributed by atoms with Gasteiger partial charge >= 0.3 is 12.1 Å². The standard InChI is InChI=1S/C37H54N6O8/c1-25(38)19-32(44)40-26(2)20-33(45)41-27(3)21-34(46)42-28(4)22-35(47)43-31(36(48)50-23-29-13-7-5-8-14-29)17-11-12-18-39-37(49)51-24-30-15-9-6-10-16-30/h5-10,13-16,25-28,31H,11-12,17-24,38H2,1-4H3,(H,39,49)(H,40,44)(H,41,45)(H,42,46)(H,43,47)/t25-,26-,27+,28+,31+/m1/s1. The lowest BCUT2D eigenvalue weighted by atomic mass is 10.1. The highest BCUT2D eigenvalue weighted by Crippen LogP contribution is 2.08. The van der Waals surface area contributed by atoms with E-state index in [0.717, 1.165) is 11.1 Å². The molecule has 0 saturated carbocycles. The van der Waals surface area contributed by atoms with E-state index in [1.54, 1.807) is 27.7 Å². The van der Waals surface area contributed by atoms with Gasteiger partial charge in [-0.1, -0.05) is 60.7 Å². The lowest BCUT2D eigenvalue weighted by Gasteiger charge is -2.21. The molecule has 0 aliphatic carbocycles. The second-order valence-electron chi connectivity index (χ2n) is 12.9. The summed E-state index contributed by atoms with van der Waals surface area (Å²) in [5.74, 6) is -1.97. The molecule has 280 valence electrons. The first kappa shape index (κ1) is 42.2. The Bertz CT molecular complexity index is 1390. The van der Waals surface area contributed by atoms with Crippen LogP contribution in [0.25, 0.3) is 0 Å². The van der Waals surface area contributed by atoms with Crippen LogP contribution < -0.4 is 32.3 Å². The van der Waals surface area contributed by atoms with Gasteiger partial charge in [-0.25, -0.2) is 9.59 Å². The van der Waals surface area contributed by atoms with Crippen molar-refractivity contribution in [3.63, 3.8) is 0 Å². The number of rotatable bonds is 22. The van der Waals surface area contributed by atoms with Gasteiger partial charge in [-0.3, -0.25) is 19.2 Å². The van der Waals surface area contributed by atoms with Crippen LogP contribution in [0.4, 0.5) is 4.79 Å². The third-order valence-electron chi connectivity index (χ3n) is 7.45. The monoisotopic (exact) mass is 710 g/mol. The summed E-state index contributed by atoms with van der Waals surface area (Å²) in [6.07, 6.45) is 0.831. The summed E-state index contributed by atoms with van der Waals surface area (Å²) in [7, 11) is 0. The normalized spacial score (nSPS) is 13.7. The Hall–Kier alpha value is -4.98. The number of carbonyl (C=O) groups excluding carboxylic acids is 6. The minimum Gasteiger partial charge on any atom is -0.459 e. The molecule has 0 heterocycles. The van der Waals surface area contributed by atoms with Gasteiger partial charge in [0.1, 0.15) is 19.3 Å². The van der Waals surface area contributed by atoms with E-state index in [1.807, 2.05) is 60.7 Å². The Labute approximate surface area is 300 Å². The molecule has 5 atom stereocenters. The van der Waals surface area contributed by atoms with E-state index < -0.39 is 42.1 Å². The predicted molar refractivity (Wildman–Crippen MR) is 192 cm³/mol. The number of hydrogen-bond donors (Lipinski definition) is 6. The van der Waals surface area contributed by atoms with Crippen LogP contribution in [0.15, 0.2) is 60.7 Å². The lowest BCUT2D eigenvalue weighted by molar-refractivity contribution is -0.149. The minimum absolute atomic E-state index is 0.0224. The summed E-state index contributed by atoms with van der Waals surface area (Å²) in [6.45, 7) is 7.29. The fraction of sp³-hybridized carbons (Fsp3) is 0.514. The van der Waals surface area contributed by atoms with Crippen LogP contribution in [0.3, 0.4) is 0 Å². The summed E-state index contributed by atoms with van der Waals surface area (Å²) < 4.78 is 10.7. The molecule has 7 N–H and O–H groups in total. The Kier molecular flexibility index (Phi) is 19.4. The van der Waals surface area contributed by atoms with E-state index >= 15 is 0 Å². The van der Waals surface area contributed by atoms with E-state index in [9.17, 15) is 28.8 Å². The molecule has 0 bridgehead atoms. The molecule has 14 nitrogen and oxygen atoms in total.